The molecular formula is C20H17ClF6N6O. The molecule has 2 rings (SSSR count). The molecule has 1 aromatic heterocycles. The molecule has 2 aromatic rings. The third kappa shape index (κ3) is 7.54. The van der Waals surface area contributed by atoms with E-state index in [-0.39, 0.29) is 5.84 Å². The standard InChI is InChI=1S/C20H17ClF6N6O/c1-11(3-4-16(34)33-32-15-10-29-5-6-30-15)9-31-18(28-2)12-7-13(19(22,23)24)17(21)14(8-12)20(25,26)27/h3-11H,1-2H3,(H,30,32)(H,33,34)/b4-3-,28-18?,31-9?. The Kier molecular flexibility index (Phi) is 8.74. The molecule has 34 heavy (non-hydrogen) atoms. The maximum absolute atomic E-state index is 13.2. The summed E-state index contributed by atoms with van der Waals surface area (Å²) < 4.78 is 79.4. The van der Waals surface area contributed by atoms with Gasteiger partial charge in [-0.3, -0.25) is 25.6 Å². The van der Waals surface area contributed by atoms with E-state index in [4.69, 9.17) is 11.6 Å². The lowest BCUT2D eigenvalue weighted by Gasteiger charge is -2.16. The first-order chi connectivity index (χ1) is 15.8. The van der Waals surface area contributed by atoms with Gasteiger partial charge in [0.05, 0.1) is 22.3 Å². The van der Waals surface area contributed by atoms with Crippen LogP contribution >= 0.6 is 11.6 Å². The highest BCUT2D eigenvalue weighted by Gasteiger charge is 2.41. The number of anilines is 1. The van der Waals surface area contributed by atoms with Crippen molar-refractivity contribution >= 4 is 35.4 Å². The molecule has 0 saturated carbocycles. The van der Waals surface area contributed by atoms with Crippen LogP contribution in [0.4, 0.5) is 32.2 Å². The van der Waals surface area contributed by atoms with Crippen molar-refractivity contribution in [1.29, 1.82) is 0 Å². The van der Waals surface area contributed by atoms with E-state index in [1.54, 1.807) is 6.92 Å². The van der Waals surface area contributed by atoms with E-state index in [9.17, 15) is 31.1 Å². The first-order valence-corrected chi connectivity index (χ1v) is 9.70. The molecule has 0 aliphatic carbocycles. The smallest absolute Gasteiger partial charge is 0.280 e. The first kappa shape index (κ1) is 26.8. The van der Waals surface area contributed by atoms with Crippen molar-refractivity contribution in [2.45, 2.75) is 19.3 Å². The lowest BCUT2D eigenvalue weighted by molar-refractivity contribution is -0.142. The summed E-state index contributed by atoms with van der Waals surface area (Å²) in [6, 6.07) is 0.896. The Bertz CT molecular complexity index is 1060. The number of carbonyl (C=O) groups excluding carboxylic acids is 1. The number of halogens is 7. The first-order valence-electron chi connectivity index (χ1n) is 9.32. The molecule has 0 aliphatic rings. The molecule has 1 atom stereocenters. The Morgan fingerprint density at radius 2 is 1.74 bits per heavy atom. The highest BCUT2D eigenvalue weighted by Crippen LogP contribution is 2.43. The van der Waals surface area contributed by atoms with Gasteiger partial charge < -0.3 is 0 Å². The molecule has 182 valence electrons. The zero-order valence-electron chi connectivity index (χ0n) is 17.5. The van der Waals surface area contributed by atoms with E-state index >= 15 is 0 Å². The van der Waals surface area contributed by atoms with E-state index in [0.717, 1.165) is 13.1 Å². The predicted molar refractivity (Wildman–Crippen MR) is 115 cm³/mol. The number of nitrogens with zero attached hydrogens (tertiary/aromatic N) is 4. The number of nitrogens with one attached hydrogen (secondary N) is 2. The van der Waals surface area contributed by atoms with Crippen molar-refractivity contribution in [3.8, 4) is 0 Å². The lowest BCUT2D eigenvalue weighted by Crippen LogP contribution is -2.28. The molecule has 1 aromatic carbocycles. The number of aliphatic imine (C=N–C) groups is 2. The van der Waals surface area contributed by atoms with E-state index in [0.29, 0.717) is 18.0 Å². The van der Waals surface area contributed by atoms with E-state index < -0.39 is 45.9 Å². The number of rotatable bonds is 6. The number of allylic oxidation sites excluding steroid dienone is 1. The van der Waals surface area contributed by atoms with Crippen molar-refractivity contribution in [3.63, 3.8) is 0 Å². The van der Waals surface area contributed by atoms with Gasteiger partial charge in [0.25, 0.3) is 5.91 Å². The SMILES string of the molecule is CN=C(N=CC(C)/C=C\C(=O)NNc1cnccn1)c1cc(C(F)(F)F)c(Cl)c(C(F)(F)F)c1. The summed E-state index contributed by atoms with van der Waals surface area (Å²) in [4.78, 5) is 27.1. The third-order valence-electron chi connectivity index (χ3n) is 4.01. The number of amides is 1. The quantitative estimate of drug-likeness (QED) is 0.191. The van der Waals surface area contributed by atoms with Crippen LogP contribution in [0.1, 0.15) is 23.6 Å². The summed E-state index contributed by atoms with van der Waals surface area (Å²) in [5, 5.41) is -1.46. The minimum Gasteiger partial charge on any atom is -0.280 e. The number of carbonyl (C=O) groups is 1. The average Bonchev–Trinajstić information content (AvgIpc) is 2.76. The molecule has 0 saturated heterocycles. The zero-order chi connectivity index (χ0) is 25.5. The maximum atomic E-state index is 13.2. The molecule has 1 heterocycles. The van der Waals surface area contributed by atoms with Crippen LogP contribution in [0, 0.1) is 5.92 Å². The van der Waals surface area contributed by atoms with E-state index in [2.05, 4.69) is 30.8 Å². The van der Waals surface area contributed by atoms with Gasteiger partial charge in [-0.15, -0.1) is 0 Å². The van der Waals surface area contributed by atoms with Crippen LogP contribution in [0.2, 0.25) is 5.02 Å². The Balaban J connectivity index is 2.18. The monoisotopic (exact) mass is 506 g/mol. The summed E-state index contributed by atoms with van der Waals surface area (Å²) in [6.45, 7) is 1.58. The normalized spacial score (nSPS) is 14.0. The lowest BCUT2D eigenvalue weighted by atomic mass is 10.0. The van der Waals surface area contributed by atoms with Crippen molar-refractivity contribution in [1.82, 2.24) is 15.4 Å². The highest BCUT2D eigenvalue weighted by molar-refractivity contribution is 6.32. The summed E-state index contributed by atoms with van der Waals surface area (Å²) >= 11 is 5.38. The number of alkyl halides is 6. The molecule has 0 radical (unpaired) electrons. The van der Waals surface area contributed by atoms with Gasteiger partial charge in [-0.2, -0.15) is 26.3 Å². The number of amidine groups is 1. The van der Waals surface area contributed by atoms with Gasteiger partial charge in [0.1, 0.15) is 0 Å². The fourth-order valence-corrected chi connectivity index (χ4v) is 2.76. The number of benzene rings is 1. The van der Waals surface area contributed by atoms with Gasteiger partial charge in [-0.25, -0.2) is 9.98 Å². The molecule has 0 aliphatic heterocycles. The van der Waals surface area contributed by atoms with E-state index in [1.807, 2.05) is 0 Å². The van der Waals surface area contributed by atoms with Crippen LogP contribution in [0.15, 0.2) is 52.9 Å². The largest absolute Gasteiger partial charge is 0.417 e. The topological polar surface area (TPSA) is 91.6 Å². The summed E-state index contributed by atoms with van der Waals surface area (Å²) in [7, 11) is 1.16. The van der Waals surface area contributed by atoms with Gasteiger partial charge in [0.2, 0.25) is 0 Å². The van der Waals surface area contributed by atoms with Crippen molar-refractivity contribution < 1.29 is 31.1 Å². The number of hydrogen-bond donors (Lipinski definition) is 2. The fourth-order valence-electron chi connectivity index (χ4n) is 2.44. The Morgan fingerprint density at radius 1 is 1.12 bits per heavy atom. The maximum Gasteiger partial charge on any atom is 0.417 e. The van der Waals surface area contributed by atoms with Crippen LogP contribution in [-0.4, -0.2) is 35.0 Å². The second-order valence-corrected chi connectivity index (χ2v) is 7.01. The van der Waals surface area contributed by atoms with Gasteiger partial charge in [0, 0.05) is 43.2 Å². The average molecular weight is 507 g/mol. The fraction of sp³-hybridized carbons (Fsp3) is 0.250. The molecule has 1 amide bonds. The summed E-state index contributed by atoms with van der Waals surface area (Å²) in [5.74, 6) is -1.18. The Morgan fingerprint density at radius 3 is 2.24 bits per heavy atom. The van der Waals surface area contributed by atoms with Crippen LogP contribution < -0.4 is 10.9 Å². The molecule has 0 bridgehead atoms. The summed E-state index contributed by atoms with van der Waals surface area (Å²) in [6.07, 6.45) is -2.28. The van der Waals surface area contributed by atoms with Crippen molar-refractivity contribution in [2.24, 2.45) is 15.9 Å². The van der Waals surface area contributed by atoms with Crippen LogP contribution in [-0.2, 0) is 17.1 Å². The Hall–Kier alpha value is -3.48. The number of hydrogen-bond acceptors (Lipinski definition) is 5. The highest BCUT2D eigenvalue weighted by atomic mass is 35.5. The molecule has 0 fully saturated rings. The molecule has 2 N–H and O–H groups in total. The number of aromatic nitrogens is 2. The second kappa shape index (κ2) is 11.1. The summed E-state index contributed by atoms with van der Waals surface area (Å²) in [5.41, 5.74) is 1.01. The minimum absolute atomic E-state index is 0.294. The zero-order valence-corrected chi connectivity index (χ0v) is 18.3. The van der Waals surface area contributed by atoms with Crippen LogP contribution in [0.5, 0.6) is 0 Å². The minimum atomic E-state index is -5.13. The molecular weight excluding hydrogens is 490 g/mol. The van der Waals surface area contributed by atoms with Gasteiger partial charge in [-0.1, -0.05) is 24.6 Å². The predicted octanol–water partition coefficient (Wildman–Crippen LogP) is 4.95. The van der Waals surface area contributed by atoms with Crippen LogP contribution in [0.25, 0.3) is 0 Å². The van der Waals surface area contributed by atoms with Crippen molar-refractivity contribution in [2.75, 3.05) is 12.5 Å². The van der Waals surface area contributed by atoms with Gasteiger partial charge in [0.15, 0.2) is 11.7 Å². The number of hydrazine groups is 1. The van der Waals surface area contributed by atoms with E-state index in [1.165, 1.54) is 30.9 Å². The van der Waals surface area contributed by atoms with Crippen molar-refractivity contribution in [3.05, 3.63) is 64.6 Å². The second-order valence-electron chi connectivity index (χ2n) is 6.63. The third-order valence-corrected chi connectivity index (χ3v) is 4.42. The molecule has 7 nitrogen and oxygen atoms in total. The van der Waals surface area contributed by atoms with Gasteiger partial charge in [-0.05, 0) is 12.1 Å². The Labute approximate surface area is 194 Å². The van der Waals surface area contributed by atoms with Crippen LogP contribution in [0.3, 0.4) is 0 Å². The molecule has 1 unspecified atom stereocenters. The van der Waals surface area contributed by atoms with Gasteiger partial charge >= 0.3 is 12.4 Å². The molecule has 0 spiro atoms. The molecule has 14 heteroatoms.